The Bertz CT molecular complexity index is 919. The van der Waals surface area contributed by atoms with Crippen molar-refractivity contribution in [1.29, 1.82) is 5.26 Å². The number of nitriles is 1. The molecule has 3 heterocycles. The molecule has 1 aromatic heterocycles. The van der Waals surface area contributed by atoms with Gasteiger partial charge in [-0.25, -0.2) is 4.98 Å². The fraction of sp³-hybridized carbons (Fsp3) is 0.435. The van der Waals surface area contributed by atoms with Crippen molar-refractivity contribution in [2.24, 2.45) is 0 Å². The zero-order valence-electron chi connectivity index (χ0n) is 17.2. The number of likely N-dealkylation sites (N-methyl/N-ethyl adjacent to an activating group) is 1. The van der Waals surface area contributed by atoms with Gasteiger partial charge in [0.25, 0.3) is 5.91 Å². The summed E-state index contributed by atoms with van der Waals surface area (Å²) in [6.45, 7) is 4.51. The summed E-state index contributed by atoms with van der Waals surface area (Å²) in [4.78, 5) is 23.6. The molecule has 0 aliphatic carbocycles. The molecule has 2 fully saturated rings. The first-order chi connectivity index (χ1) is 14.5. The molecule has 0 spiro atoms. The molecule has 0 saturated carbocycles. The van der Waals surface area contributed by atoms with Crippen molar-refractivity contribution >= 4 is 5.91 Å². The van der Waals surface area contributed by atoms with Gasteiger partial charge in [-0.1, -0.05) is 30.3 Å². The standard InChI is InChI=1S/C23H27N5O2/c1-26-11-13-27(14-12-26)21-17-28(22(29)18-7-8-20(15-24)25-16-18)10-9-23(21,30)19-5-3-2-4-6-19/h2-8,16,21,30H,9-14,17H2,1H3/t21-,23+/m1/s1. The Kier molecular flexibility index (Phi) is 5.82. The number of hydrogen-bond acceptors (Lipinski definition) is 6. The van der Waals surface area contributed by atoms with Crippen molar-refractivity contribution in [1.82, 2.24) is 19.7 Å². The number of piperazine rings is 1. The lowest BCUT2D eigenvalue weighted by Gasteiger charge is -2.51. The van der Waals surface area contributed by atoms with E-state index in [1.165, 1.54) is 6.20 Å². The Balaban J connectivity index is 1.60. The van der Waals surface area contributed by atoms with Gasteiger partial charge in [-0.3, -0.25) is 9.69 Å². The minimum atomic E-state index is -1.00. The first-order valence-electron chi connectivity index (χ1n) is 10.4. The molecule has 156 valence electrons. The topological polar surface area (TPSA) is 83.7 Å². The zero-order chi connectivity index (χ0) is 21.1. The van der Waals surface area contributed by atoms with E-state index in [4.69, 9.17) is 5.26 Å². The molecule has 2 aliphatic heterocycles. The quantitative estimate of drug-likeness (QED) is 0.829. The van der Waals surface area contributed by atoms with Crippen LogP contribution >= 0.6 is 0 Å². The van der Waals surface area contributed by atoms with Gasteiger partial charge in [0.15, 0.2) is 0 Å². The van der Waals surface area contributed by atoms with Crippen molar-refractivity contribution in [2.75, 3.05) is 46.3 Å². The van der Waals surface area contributed by atoms with Crippen molar-refractivity contribution < 1.29 is 9.90 Å². The number of benzene rings is 1. The molecule has 1 aromatic carbocycles. The second-order valence-electron chi connectivity index (χ2n) is 8.19. The van der Waals surface area contributed by atoms with Gasteiger partial charge in [0.1, 0.15) is 17.4 Å². The highest BCUT2D eigenvalue weighted by molar-refractivity contribution is 5.94. The van der Waals surface area contributed by atoms with Crippen LogP contribution in [0.3, 0.4) is 0 Å². The molecular weight excluding hydrogens is 378 g/mol. The van der Waals surface area contributed by atoms with Gasteiger partial charge in [0, 0.05) is 45.5 Å². The monoisotopic (exact) mass is 405 g/mol. The number of rotatable bonds is 3. The van der Waals surface area contributed by atoms with Gasteiger partial charge in [-0.2, -0.15) is 5.26 Å². The van der Waals surface area contributed by atoms with Crippen LogP contribution in [-0.2, 0) is 5.60 Å². The molecular formula is C23H27N5O2. The molecule has 7 nitrogen and oxygen atoms in total. The SMILES string of the molecule is CN1CCN([C@@H]2CN(C(=O)c3ccc(C#N)nc3)CC[C@]2(O)c2ccccc2)CC1. The van der Waals surface area contributed by atoms with Crippen LogP contribution in [0.15, 0.2) is 48.7 Å². The van der Waals surface area contributed by atoms with Crippen LogP contribution in [0.1, 0.15) is 28.0 Å². The molecule has 7 heteroatoms. The lowest BCUT2D eigenvalue weighted by molar-refractivity contribution is -0.101. The highest BCUT2D eigenvalue weighted by Crippen LogP contribution is 2.36. The van der Waals surface area contributed by atoms with Gasteiger partial charge >= 0.3 is 0 Å². The maximum absolute atomic E-state index is 13.1. The fourth-order valence-corrected chi connectivity index (χ4v) is 4.49. The summed E-state index contributed by atoms with van der Waals surface area (Å²) in [5, 5.41) is 20.8. The highest BCUT2D eigenvalue weighted by Gasteiger charge is 2.47. The molecule has 0 radical (unpaired) electrons. The van der Waals surface area contributed by atoms with E-state index < -0.39 is 5.60 Å². The van der Waals surface area contributed by atoms with Crippen molar-refractivity contribution in [3.63, 3.8) is 0 Å². The van der Waals surface area contributed by atoms with E-state index in [9.17, 15) is 9.90 Å². The molecule has 2 atom stereocenters. The van der Waals surface area contributed by atoms with Gasteiger partial charge in [0.2, 0.25) is 0 Å². The van der Waals surface area contributed by atoms with E-state index in [-0.39, 0.29) is 11.9 Å². The minimum absolute atomic E-state index is 0.110. The average Bonchev–Trinajstić information content (AvgIpc) is 2.80. The number of likely N-dealkylation sites (tertiary alicyclic amines) is 1. The third kappa shape index (κ3) is 3.94. The molecule has 30 heavy (non-hydrogen) atoms. The van der Waals surface area contributed by atoms with E-state index in [1.807, 2.05) is 41.3 Å². The number of amides is 1. The first kappa shape index (κ1) is 20.5. The van der Waals surface area contributed by atoms with E-state index in [0.717, 1.165) is 31.7 Å². The first-order valence-corrected chi connectivity index (χ1v) is 10.4. The second-order valence-corrected chi connectivity index (χ2v) is 8.19. The predicted octanol–water partition coefficient (Wildman–Crippen LogP) is 1.30. The number of hydrogen-bond donors (Lipinski definition) is 1. The van der Waals surface area contributed by atoms with Crippen LogP contribution < -0.4 is 0 Å². The summed E-state index contributed by atoms with van der Waals surface area (Å²) >= 11 is 0. The number of pyridine rings is 1. The molecule has 4 rings (SSSR count). The minimum Gasteiger partial charge on any atom is -0.383 e. The lowest BCUT2D eigenvalue weighted by atomic mass is 9.79. The summed E-state index contributed by atoms with van der Waals surface area (Å²) in [7, 11) is 2.11. The van der Waals surface area contributed by atoms with Gasteiger partial charge in [-0.15, -0.1) is 0 Å². The third-order valence-electron chi connectivity index (χ3n) is 6.37. The van der Waals surface area contributed by atoms with Gasteiger partial charge in [0.05, 0.1) is 11.6 Å². The Morgan fingerprint density at radius 1 is 1.13 bits per heavy atom. The van der Waals surface area contributed by atoms with Crippen molar-refractivity contribution in [3.8, 4) is 6.07 Å². The normalized spacial score (nSPS) is 25.6. The molecule has 1 N–H and O–H groups in total. The van der Waals surface area contributed by atoms with E-state index in [2.05, 4.69) is 21.8 Å². The maximum Gasteiger partial charge on any atom is 0.255 e. The summed E-state index contributed by atoms with van der Waals surface area (Å²) in [5.41, 5.74) is 0.660. The summed E-state index contributed by atoms with van der Waals surface area (Å²) in [6, 6.07) is 14.8. The average molecular weight is 406 g/mol. The molecule has 0 bridgehead atoms. The Morgan fingerprint density at radius 3 is 2.50 bits per heavy atom. The number of carbonyl (C=O) groups excluding carboxylic acids is 1. The molecule has 2 aliphatic rings. The Hall–Kier alpha value is -2.79. The van der Waals surface area contributed by atoms with Crippen LogP contribution in [0, 0.1) is 11.3 Å². The third-order valence-corrected chi connectivity index (χ3v) is 6.37. The fourth-order valence-electron chi connectivity index (χ4n) is 4.49. The molecule has 1 amide bonds. The molecule has 2 aromatic rings. The number of aliphatic hydroxyl groups is 1. The smallest absolute Gasteiger partial charge is 0.255 e. The van der Waals surface area contributed by atoms with Crippen molar-refractivity contribution in [2.45, 2.75) is 18.1 Å². The van der Waals surface area contributed by atoms with Crippen molar-refractivity contribution in [3.05, 3.63) is 65.5 Å². The number of aromatic nitrogens is 1. The molecule has 0 unspecified atom stereocenters. The summed E-state index contributed by atoms with van der Waals surface area (Å²) < 4.78 is 0. The number of piperidine rings is 1. The number of carbonyl (C=O) groups is 1. The second kappa shape index (κ2) is 8.52. The van der Waals surface area contributed by atoms with Crippen LogP contribution in [0.25, 0.3) is 0 Å². The van der Waals surface area contributed by atoms with Crippen LogP contribution in [-0.4, -0.2) is 83.1 Å². The van der Waals surface area contributed by atoms with E-state index in [1.54, 1.807) is 12.1 Å². The zero-order valence-corrected chi connectivity index (χ0v) is 17.2. The largest absolute Gasteiger partial charge is 0.383 e. The predicted molar refractivity (Wildman–Crippen MR) is 113 cm³/mol. The Labute approximate surface area is 177 Å². The Morgan fingerprint density at radius 2 is 1.87 bits per heavy atom. The van der Waals surface area contributed by atoms with E-state index >= 15 is 0 Å². The van der Waals surface area contributed by atoms with Crippen LogP contribution in [0.2, 0.25) is 0 Å². The van der Waals surface area contributed by atoms with Gasteiger partial charge < -0.3 is 14.9 Å². The number of nitrogens with zero attached hydrogens (tertiary/aromatic N) is 5. The van der Waals surface area contributed by atoms with Crippen LogP contribution in [0.5, 0.6) is 0 Å². The van der Waals surface area contributed by atoms with E-state index in [0.29, 0.717) is 30.8 Å². The maximum atomic E-state index is 13.1. The highest BCUT2D eigenvalue weighted by atomic mass is 16.3. The summed E-state index contributed by atoms with van der Waals surface area (Å²) in [5.74, 6) is -0.110. The van der Waals surface area contributed by atoms with Crippen LogP contribution in [0.4, 0.5) is 0 Å². The lowest BCUT2D eigenvalue weighted by Crippen LogP contribution is -2.64. The van der Waals surface area contributed by atoms with Gasteiger partial charge in [-0.05, 0) is 31.2 Å². The summed E-state index contributed by atoms with van der Waals surface area (Å²) in [6.07, 6.45) is 1.94. The molecule has 2 saturated heterocycles.